The van der Waals surface area contributed by atoms with Gasteiger partial charge in [-0.25, -0.2) is 14.6 Å². The summed E-state index contributed by atoms with van der Waals surface area (Å²) in [6.45, 7) is 3.64. The molecule has 0 spiro atoms. The lowest BCUT2D eigenvalue weighted by molar-refractivity contribution is -0.117. The van der Waals surface area contributed by atoms with Gasteiger partial charge in [-0.15, -0.1) is 0 Å². The normalized spacial score (nSPS) is 16.6. The number of aromatic nitrogens is 2. The fraction of sp³-hybridized carbons (Fsp3) is 0.257. The maximum absolute atomic E-state index is 13.4. The quantitative estimate of drug-likeness (QED) is 0.190. The third-order valence-electron chi connectivity index (χ3n) is 8.71. The summed E-state index contributed by atoms with van der Waals surface area (Å²) in [5, 5.41) is 16.7. The van der Waals surface area contributed by atoms with Gasteiger partial charge in [0.25, 0.3) is 0 Å². The minimum absolute atomic E-state index is 0.132. The molecule has 0 aliphatic carbocycles. The zero-order valence-corrected chi connectivity index (χ0v) is 26.7. The topological polar surface area (TPSA) is 169 Å². The first-order valence-electron chi connectivity index (χ1n) is 16.0. The molecule has 250 valence electrons. The summed E-state index contributed by atoms with van der Waals surface area (Å²) in [6.07, 6.45) is 5.05. The molecule has 5 heterocycles. The number of benzene rings is 2. The molecule has 49 heavy (non-hydrogen) atoms. The van der Waals surface area contributed by atoms with Crippen LogP contribution < -0.4 is 30.5 Å². The third kappa shape index (κ3) is 6.66. The molecule has 2 aromatic carbocycles. The van der Waals surface area contributed by atoms with E-state index >= 15 is 0 Å². The Labute approximate surface area is 281 Å². The summed E-state index contributed by atoms with van der Waals surface area (Å²) < 4.78 is 6.30. The van der Waals surface area contributed by atoms with Crippen molar-refractivity contribution in [3.8, 4) is 16.9 Å². The fourth-order valence-corrected chi connectivity index (χ4v) is 6.36. The Bertz CT molecular complexity index is 1970. The van der Waals surface area contributed by atoms with Gasteiger partial charge < -0.3 is 35.6 Å². The Hall–Kier alpha value is -6.18. The van der Waals surface area contributed by atoms with Crippen LogP contribution in [0.2, 0.25) is 0 Å². The lowest BCUT2D eigenvalue weighted by atomic mass is 9.94. The zero-order chi connectivity index (χ0) is 34.1. The number of nitrogens with one attached hydrogen (secondary N) is 3. The van der Waals surface area contributed by atoms with E-state index in [1.165, 1.54) is 0 Å². The number of fused-ring (bicyclic) bond motifs is 3. The summed E-state index contributed by atoms with van der Waals surface area (Å²) in [6, 6.07) is 16.6. The molecule has 14 nitrogen and oxygen atoms in total. The van der Waals surface area contributed by atoms with Gasteiger partial charge in [-0.1, -0.05) is 12.1 Å². The molecule has 3 aliphatic heterocycles. The molecule has 4 N–H and O–H groups in total. The molecule has 1 atom stereocenters. The van der Waals surface area contributed by atoms with Crippen molar-refractivity contribution in [1.29, 1.82) is 0 Å². The molecule has 0 radical (unpaired) electrons. The molecule has 14 heteroatoms. The number of hydrogen-bond acceptors (Lipinski definition) is 8. The molecule has 0 saturated carbocycles. The van der Waals surface area contributed by atoms with Crippen molar-refractivity contribution < 1.29 is 29.0 Å². The number of urea groups is 1. The number of amides is 5. The summed E-state index contributed by atoms with van der Waals surface area (Å²) in [4.78, 5) is 62.6. The summed E-state index contributed by atoms with van der Waals surface area (Å²) in [5.41, 5.74) is 6.34. The van der Waals surface area contributed by atoms with Gasteiger partial charge in [-0.05, 0) is 55.3 Å². The lowest BCUT2D eigenvalue weighted by Gasteiger charge is -2.28. The second-order valence-electron chi connectivity index (χ2n) is 12.1. The minimum atomic E-state index is -1.28. The Morgan fingerprint density at radius 2 is 1.82 bits per heavy atom. The van der Waals surface area contributed by atoms with Crippen LogP contribution in [-0.2, 0) is 16.1 Å². The van der Waals surface area contributed by atoms with Crippen molar-refractivity contribution in [2.45, 2.75) is 32.4 Å². The molecule has 2 aromatic heterocycles. The van der Waals surface area contributed by atoms with Crippen LogP contribution in [0.1, 0.15) is 37.0 Å². The van der Waals surface area contributed by atoms with Crippen LogP contribution in [0.5, 0.6) is 5.75 Å². The van der Waals surface area contributed by atoms with Crippen molar-refractivity contribution in [2.75, 3.05) is 46.6 Å². The highest BCUT2D eigenvalue weighted by molar-refractivity contribution is 5.97. The smallest absolute Gasteiger partial charge is 0.405 e. The van der Waals surface area contributed by atoms with Crippen molar-refractivity contribution in [3.05, 3.63) is 84.3 Å². The van der Waals surface area contributed by atoms with Crippen LogP contribution in [0, 0.1) is 0 Å². The first kappa shape index (κ1) is 31.4. The van der Waals surface area contributed by atoms with Crippen molar-refractivity contribution >= 4 is 52.5 Å². The van der Waals surface area contributed by atoms with E-state index in [1.807, 2.05) is 54.8 Å². The average molecular weight is 663 g/mol. The van der Waals surface area contributed by atoms with Gasteiger partial charge in [-0.2, -0.15) is 0 Å². The van der Waals surface area contributed by atoms with E-state index in [-0.39, 0.29) is 24.6 Å². The largest absolute Gasteiger partial charge is 0.485 e. The van der Waals surface area contributed by atoms with Gasteiger partial charge in [0.2, 0.25) is 11.8 Å². The standard InChI is InChI=1S/C35H34N8O6/c1-21-28-15-31(37-18-29(28)27-8-7-25(14-30(27)49-21)42-9-3-6-33(42)45)39-24-13-26(17-36-16-24)43-11-10-41(35(43)48)20-22-4-2-5-23(12-22)40-32(44)19-38-34(46)47/h2,4-5,7-8,12-18,21,38H,3,6,9-11,19-20H2,1H3,(H,37,39)(H,40,44)(H,46,47)/t21-/m0/s1. The number of carbonyl (C=O) groups excluding carboxylic acids is 3. The molecule has 7 rings (SSSR count). The van der Waals surface area contributed by atoms with E-state index < -0.39 is 12.0 Å². The Kier molecular flexibility index (Phi) is 8.43. The van der Waals surface area contributed by atoms with Crippen LogP contribution in [0.3, 0.4) is 0 Å². The maximum Gasteiger partial charge on any atom is 0.405 e. The molecule has 3 aliphatic rings. The lowest BCUT2D eigenvalue weighted by Crippen LogP contribution is -2.32. The van der Waals surface area contributed by atoms with Gasteiger partial charge in [0.05, 0.1) is 23.8 Å². The predicted molar refractivity (Wildman–Crippen MR) is 182 cm³/mol. The van der Waals surface area contributed by atoms with Crippen molar-refractivity contribution in [3.63, 3.8) is 0 Å². The number of pyridine rings is 2. The first-order valence-corrected chi connectivity index (χ1v) is 16.0. The number of carboxylic acid groups (broad SMARTS) is 1. The van der Waals surface area contributed by atoms with Crippen LogP contribution in [0.15, 0.2) is 73.2 Å². The number of ether oxygens (including phenoxy) is 1. The van der Waals surface area contributed by atoms with E-state index in [9.17, 15) is 19.2 Å². The van der Waals surface area contributed by atoms with E-state index in [2.05, 4.69) is 20.6 Å². The highest BCUT2D eigenvalue weighted by Crippen LogP contribution is 2.44. The molecule has 0 bridgehead atoms. The van der Waals surface area contributed by atoms with Crippen LogP contribution >= 0.6 is 0 Å². The number of rotatable bonds is 9. The van der Waals surface area contributed by atoms with Crippen molar-refractivity contribution in [1.82, 2.24) is 20.2 Å². The summed E-state index contributed by atoms with van der Waals surface area (Å²) >= 11 is 0. The molecular formula is C35H34N8O6. The highest BCUT2D eigenvalue weighted by atomic mass is 16.5. The number of carbonyl (C=O) groups is 4. The van der Waals surface area contributed by atoms with E-state index in [0.717, 1.165) is 46.7 Å². The minimum Gasteiger partial charge on any atom is -0.485 e. The SMILES string of the molecule is C[C@@H]1Oc2cc(N3CCCC3=O)ccc2-c2cnc(Nc3cncc(N4CCN(Cc5cccc(NC(=O)CNC(=O)O)c5)C4=O)c3)cc21. The van der Waals surface area contributed by atoms with Crippen LogP contribution in [0.4, 0.5) is 38.2 Å². The van der Waals surface area contributed by atoms with Gasteiger partial charge in [0, 0.05) is 72.9 Å². The Morgan fingerprint density at radius 3 is 2.63 bits per heavy atom. The Balaban J connectivity index is 1.01. The van der Waals surface area contributed by atoms with E-state index in [0.29, 0.717) is 48.9 Å². The monoisotopic (exact) mass is 662 g/mol. The predicted octanol–water partition coefficient (Wildman–Crippen LogP) is 5.12. The number of nitrogens with zero attached hydrogens (tertiary/aromatic N) is 5. The summed E-state index contributed by atoms with van der Waals surface area (Å²) in [5.74, 6) is 0.975. The van der Waals surface area contributed by atoms with Crippen molar-refractivity contribution in [2.24, 2.45) is 0 Å². The number of hydrogen-bond donors (Lipinski definition) is 4. The number of anilines is 5. The van der Waals surface area contributed by atoms with Gasteiger partial charge >= 0.3 is 12.1 Å². The van der Waals surface area contributed by atoms with Crippen LogP contribution in [-0.4, -0.2) is 70.1 Å². The second-order valence-corrected chi connectivity index (χ2v) is 12.1. The van der Waals surface area contributed by atoms with E-state index in [1.54, 1.807) is 45.3 Å². The van der Waals surface area contributed by atoms with Crippen LogP contribution in [0.25, 0.3) is 11.1 Å². The summed E-state index contributed by atoms with van der Waals surface area (Å²) in [7, 11) is 0. The highest BCUT2D eigenvalue weighted by Gasteiger charge is 2.31. The third-order valence-corrected chi connectivity index (χ3v) is 8.71. The molecular weight excluding hydrogens is 628 g/mol. The van der Waals surface area contributed by atoms with Gasteiger partial charge in [-0.3, -0.25) is 19.5 Å². The molecule has 4 aromatic rings. The fourth-order valence-electron chi connectivity index (χ4n) is 6.36. The van der Waals surface area contributed by atoms with Gasteiger partial charge in [0.15, 0.2) is 0 Å². The molecule has 0 unspecified atom stereocenters. The Morgan fingerprint density at radius 1 is 0.939 bits per heavy atom. The second kappa shape index (κ2) is 13.1. The molecule has 5 amide bonds. The van der Waals surface area contributed by atoms with Gasteiger partial charge in [0.1, 0.15) is 24.2 Å². The van der Waals surface area contributed by atoms with E-state index in [4.69, 9.17) is 9.84 Å². The first-order chi connectivity index (χ1) is 23.7. The zero-order valence-electron chi connectivity index (χ0n) is 26.7. The maximum atomic E-state index is 13.4. The average Bonchev–Trinajstić information content (AvgIpc) is 3.68. The molecule has 2 fully saturated rings. The molecule has 2 saturated heterocycles.